The Bertz CT molecular complexity index is 480. The predicted molar refractivity (Wildman–Crippen MR) is 56.5 cm³/mol. The molecule has 0 radical (unpaired) electrons. The molecule has 0 saturated carbocycles. The second-order valence-electron chi connectivity index (χ2n) is 3.03. The average molecular weight is 257 g/mol. The van der Waals surface area contributed by atoms with Crippen molar-refractivity contribution in [2.45, 2.75) is 5.33 Å². The molecule has 0 bridgehead atoms. The maximum absolute atomic E-state index is 13.3. The minimum Gasteiger partial charge on any atom is -0.207 e. The van der Waals surface area contributed by atoms with Gasteiger partial charge in [0.1, 0.15) is 11.6 Å². The number of rotatable bonds is 1. The Morgan fingerprint density at radius 3 is 2.57 bits per heavy atom. The zero-order valence-corrected chi connectivity index (χ0v) is 8.81. The molecule has 0 unspecified atom stereocenters. The maximum Gasteiger partial charge on any atom is 0.133 e. The molecule has 0 spiro atoms. The van der Waals surface area contributed by atoms with Crippen LogP contribution in [0.3, 0.4) is 0 Å². The molecule has 14 heavy (non-hydrogen) atoms. The number of fused-ring (bicyclic) bond motifs is 1. The summed E-state index contributed by atoms with van der Waals surface area (Å²) in [5, 5.41) is 1.68. The van der Waals surface area contributed by atoms with Crippen molar-refractivity contribution < 1.29 is 8.78 Å². The van der Waals surface area contributed by atoms with Crippen molar-refractivity contribution in [3.05, 3.63) is 47.5 Å². The molecule has 0 aliphatic carbocycles. The Morgan fingerprint density at radius 2 is 1.86 bits per heavy atom. The molecule has 2 rings (SSSR count). The molecular weight excluding hydrogens is 250 g/mol. The third kappa shape index (κ3) is 1.52. The summed E-state index contributed by atoms with van der Waals surface area (Å²) in [7, 11) is 0. The van der Waals surface area contributed by atoms with Crippen LogP contribution in [-0.4, -0.2) is 0 Å². The summed E-state index contributed by atoms with van der Waals surface area (Å²) in [6.07, 6.45) is 0. The van der Waals surface area contributed by atoms with Crippen molar-refractivity contribution in [3.8, 4) is 0 Å². The van der Waals surface area contributed by atoms with E-state index in [-0.39, 0.29) is 0 Å². The first-order valence-corrected chi connectivity index (χ1v) is 5.27. The fourth-order valence-corrected chi connectivity index (χ4v) is 1.98. The molecule has 0 amide bonds. The molecule has 0 N–H and O–H groups in total. The average Bonchev–Trinajstić information content (AvgIpc) is 2.17. The van der Waals surface area contributed by atoms with Crippen molar-refractivity contribution in [2.24, 2.45) is 0 Å². The van der Waals surface area contributed by atoms with Crippen LogP contribution in [0.15, 0.2) is 30.3 Å². The number of hydrogen-bond acceptors (Lipinski definition) is 0. The predicted octanol–water partition coefficient (Wildman–Crippen LogP) is 4.01. The molecule has 0 saturated heterocycles. The highest BCUT2D eigenvalue weighted by Crippen LogP contribution is 2.24. The van der Waals surface area contributed by atoms with Gasteiger partial charge in [0.05, 0.1) is 0 Å². The Balaban J connectivity index is 2.86. The molecule has 0 aromatic heterocycles. The topological polar surface area (TPSA) is 0 Å². The molecule has 2 aromatic carbocycles. The second-order valence-corrected chi connectivity index (χ2v) is 3.59. The number of benzene rings is 2. The van der Waals surface area contributed by atoms with Crippen molar-refractivity contribution in [1.29, 1.82) is 0 Å². The number of halogens is 3. The smallest absolute Gasteiger partial charge is 0.133 e. The van der Waals surface area contributed by atoms with Crippen molar-refractivity contribution >= 4 is 26.7 Å². The Kier molecular flexibility index (Phi) is 2.50. The minimum absolute atomic E-state index is 0.461. The quantitative estimate of drug-likeness (QED) is 0.677. The molecular formula is C11H7BrF2. The first kappa shape index (κ1) is 9.59. The van der Waals surface area contributed by atoms with E-state index in [0.717, 1.165) is 11.6 Å². The minimum atomic E-state index is -0.539. The Hall–Kier alpha value is -0.960. The zero-order valence-electron chi connectivity index (χ0n) is 7.23. The van der Waals surface area contributed by atoms with Crippen LogP contribution >= 0.6 is 15.9 Å². The third-order valence-electron chi connectivity index (χ3n) is 2.14. The van der Waals surface area contributed by atoms with Gasteiger partial charge in [-0.25, -0.2) is 8.78 Å². The first-order chi connectivity index (χ1) is 6.72. The molecule has 72 valence electrons. The van der Waals surface area contributed by atoms with Gasteiger partial charge in [-0.2, -0.15) is 0 Å². The van der Waals surface area contributed by atoms with Crippen molar-refractivity contribution in [2.75, 3.05) is 0 Å². The highest BCUT2D eigenvalue weighted by molar-refractivity contribution is 9.08. The van der Waals surface area contributed by atoms with Gasteiger partial charge < -0.3 is 0 Å². The lowest BCUT2D eigenvalue weighted by atomic mass is 10.1. The van der Waals surface area contributed by atoms with E-state index in [9.17, 15) is 8.78 Å². The van der Waals surface area contributed by atoms with E-state index in [4.69, 9.17) is 0 Å². The molecule has 0 atom stereocenters. The van der Waals surface area contributed by atoms with Gasteiger partial charge in [0.2, 0.25) is 0 Å². The molecule has 0 fully saturated rings. The van der Waals surface area contributed by atoms with E-state index in [0.29, 0.717) is 16.1 Å². The van der Waals surface area contributed by atoms with Gasteiger partial charge in [0, 0.05) is 16.8 Å². The SMILES string of the molecule is Fc1cc(F)c2cccc(CBr)c2c1. The number of alkyl halides is 1. The summed E-state index contributed by atoms with van der Waals surface area (Å²) in [4.78, 5) is 0. The van der Waals surface area contributed by atoms with Crippen LogP contribution in [0.4, 0.5) is 8.78 Å². The van der Waals surface area contributed by atoms with Crippen LogP contribution in [0.2, 0.25) is 0 Å². The van der Waals surface area contributed by atoms with Crippen LogP contribution < -0.4 is 0 Å². The summed E-state index contributed by atoms with van der Waals surface area (Å²) in [6, 6.07) is 7.52. The van der Waals surface area contributed by atoms with Crippen LogP contribution in [0, 0.1) is 11.6 Å². The van der Waals surface area contributed by atoms with Crippen LogP contribution in [0.5, 0.6) is 0 Å². The van der Waals surface area contributed by atoms with Crippen LogP contribution in [-0.2, 0) is 5.33 Å². The highest BCUT2D eigenvalue weighted by Gasteiger charge is 2.06. The van der Waals surface area contributed by atoms with Gasteiger partial charge in [0.15, 0.2) is 0 Å². The lowest BCUT2D eigenvalue weighted by molar-refractivity contribution is 0.592. The normalized spacial score (nSPS) is 10.8. The van der Waals surface area contributed by atoms with Gasteiger partial charge in [-0.3, -0.25) is 0 Å². The summed E-state index contributed by atoms with van der Waals surface area (Å²) in [6.45, 7) is 0. The fraction of sp³-hybridized carbons (Fsp3) is 0.0909. The van der Waals surface area contributed by atoms with E-state index < -0.39 is 11.6 Å². The summed E-state index contributed by atoms with van der Waals surface area (Å²) in [5.74, 6) is -1.05. The summed E-state index contributed by atoms with van der Waals surface area (Å²) < 4.78 is 26.3. The van der Waals surface area contributed by atoms with Crippen molar-refractivity contribution in [1.82, 2.24) is 0 Å². The lowest BCUT2D eigenvalue weighted by Gasteiger charge is -2.04. The lowest BCUT2D eigenvalue weighted by Crippen LogP contribution is -1.87. The second kappa shape index (κ2) is 3.65. The van der Waals surface area contributed by atoms with E-state index in [1.165, 1.54) is 6.07 Å². The molecule has 3 heteroatoms. The number of hydrogen-bond donors (Lipinski definition) is 0. The van der Waals surface area contributed by atoms with E-state index in [1.807, 2.05) is 6.07 Å². The van der Waals surface area contributed by atoms with Gasteiger partial charge >= 0.3 is 0 Å². The van der Waals surface area contributed by atoms with E-state index in [2.05, 4.69) is 15.9 Å². The Morgan fingerprint density at radius 1 is 1.07 bits per heavy atom. The van der Waals surface area contributed by atoms with E-state index in [1.54, 1.807) is 12.1 Å². The third-order valence-corrected chi connectivity index (χ3v) is 2.75. The van der Waals surface area contributed by atoms with Gasteiger partial charge in [-0.15, -0.1) is 0 Å². The molecule has 0 nitrogen and oxygen atoms in total. The fourth-order valence-electron chi connectivity index (χ4n) is 1.49. The van der Waals surface area contributed by atoms with Crippen molar-refractivity contribution in [3.63, 3.8) is 0 Å². The van der Waals surface area contributed by atoms with Gasteiger partial charge in [-0.1, -0.05) is 34.1 Å². The highest BCUT2D eigenvalue weighted by atomic mass is 79.9. The largest absolute Gasteiger partial charge is 0.207 e. The molecule has 0 aliphatic rings. The monoisotopic (exact) mass is 256 g/mol. The first-order valence-electron chi connectivity index (χ1n) is 4.15. The van der Waals surface area contributed by atoms with E-state index >= 15 is 0 Å². The molecule has 0 aliphatic heterocycles. The zero-order chi connectivity index (χ0) is 10.1. The van der Waals surface area contributed by atoms with Gasteiger partial charge in [-0.05, 0) is 17.0 Å². The maximum atomic E-state index is 13.3. The van der Waals surface area contributed by atoms with Gasteiger partial charge in [0.25, 0.3) is 0 Å². The summed E-state index contributed by atoms with van der Waals surface area (Å²) in [5.41, 5.74) is 0.890. The Labute approximate surface area is 88.7 Å². The molecule has 2 aromatic rings. The van der Waals surface area contributed by atoms with Crippen LogP contribution in [0.25, 0.3) is 10.8 Å². The van der Waals surface area contributed by atoms with Crippen LogP contribution in [0.1, 0.15) is 5.56 Å². The summed E-state index contributed by atoms with van der Waals surface area (Å²) >= 11 is 3.28. The molecule has 0 heterocycles. The standard InChI is InChI=1S/C11H7BrF2/c12-6-7-2-1-3-9-10(7)4-8(13)5-11(9)14/h1-5H,6H2.